The van der Waals surface area contributed by atoms with Crippen molar-refractivity contribution in [3.63, 3.8) is 0 Å². The van der Waals surface area contributed by atoms with E-state index in [0.717, 1.165) is 22.7 Å². The highest BCUT2D eigenvalue weighted by Gasteiger charge is 2.46. The predicted octanol–water partition coefficient (Wildman–Crippen LogP) is 15.2. The van der Waals surface area contributed by atoms with Crippen LogP contribution >= 0.6 is 0 Å². The Kier molecular flexibility index (Phi) is 8.71. The number of nitrogens with zero attached hydrogens (tertiary/aromatic N) is 4. The number of aromatic nitrogens is 1. The zero-order valence-corrected chi connectivity index (χ0v) is 39.8. The molecule has 10 aromatic rings. The molecule has 0 radical (unpaired) electrons. The van der Waals surface area contributed by atoms with E-state index >= 15 is 0 Å². The molecule has 0 spiro atoms. The Morgan fingerprint density at radius 1 is 0.456 bits per heavy atom. The number of hydrogen-bond donors (Lipinski definition) is 0. The van der Waals surface area contributed by atoms with Gasteiger partial charge in [0.15, 0.2) is 0 Å². The van der Waals surface area contributed by atoms with Gasteiger partial charge in [-0.15, -0.1) is 0 Å². The Bertz CT molecular complexity index is 3670. The second-order valence-electron chi connectivity index (χ2n) is 21.1. The number of aryl methyl sites for hydroxylation is 1. The quantitative estimate of drug-likeness (QED) is 0.160. The van der Waals surface area contributed by atoms with E-state index in [4.69, 9.17) is 0 Å². The van der Waals surface area contributed by atoms with Crippen molar-refractivity contribution < 1.29 is 0 Å². The first-order valence-electron chi connectivity index (χ1n) is 24.1. The third kappa shape index (κ3) is 5.94. The van der Waals surface area contributed by atoms with Crippen LogP contribution in [0.1, 0.15) is 58.2 Å². The molecular weight excluding hydrogens is 824 g/mol. The molecule has 9 aromatic carbocycles. The van der Waals surface area contributed by atoms with E-state index in [-0.39, 0.29) is 17.5 Å². The van der Waals surface area contributed by atoms with Crippen LogP contribution in [0.2, 0.25) is 0 Å². The minimum absolute atomic E-state index is 0.0142. The van der Waals surface area contributed by atoms with E-state index in [1.54, 1.807) is 0 Å². The summed E-state index contributed by atoms with van der Waals surface area (Å²) in [7, 11) is 0. The zero-order chi connectivity index (χ0) is 46.2. The van der Waals surface area contributed by atoms with Crippen LogP contribution in [0.25, 0.3) is 38.6 Å². The fraction of sp³-hybridized carbons (Fsp3) is 0.143. The molecule has 0 fully saturated rings. The standard InChI is InChI=1S/C63H53BN4/c1-40-37-57-59-58(38-40)68-54-25-15-21-49-48-20-12-14-24-53(48)67(60(49)54)55-26-16-22-51(61(55)68)64(59)50-36-35-46(39-56(50)66(57)45-33-29-43(30-34-45)63(5,6)7)65(44-31-27-42(28-32-44)62(2,3)4)52-23-13-11-19-47(52)41-17-9-8-10-18-41/h8-39H,1-7H3. The van der Waals surface area contributed by atoms with Crippen molar-refractivity contribution in [3.05, 3.63) is 211 Å². The van der Waals surface area contributed by atoms with Gasteiger partial charge in [-0.05, 0) is 129 Å². The second kappa shape index (κ2) is 14.6. The van der Waals surface area contributed by atoms with Crippen LogP contribution in [0, 0.1) is 6.92 Å². The SMILES string of the molecule is Cc1cc2c3c(c1)N1c4c(cccc4-n4c5ccccc5c5cccc1c54)B3c1ccc(N(c3ccc(C(C)(C)C)cc3)c3ccccc3-c3ccccc3)cc1N2c1ccc(C(C)(C)C)cc1. The van der Waals surface area contributed by atoms with Crippen molar-refractivity contribution in [2.45, 2.75) is 59.3 Å². The lowest BCUT2D eigenvalue weighted by Crippen LogP contribution is -2.61. The van der Waals surface area contributed by atoms with Gasteiger partial charge < -0.3 is 19.3 Å². The van der Waals surface area contributed by atoms with Crippen LogP contribution in [0.4, 0.5) is 51.2 Å². The summed E-state index contributed by atoms with van der Waals surface area (Å²) in [6, 6.07) is 73.2. The van der Waals surface area contributed by atoms with Gasteiger partial charge in [-0.2, -0.15) is 0 Å². The van der Waals surface area contributed by atoms with E-state index in [2.05, 4.69) is 262 Å². The first-order valence-corrected chi connectivity index (χ1v) is 24.1. The van der Waals surface area contributed by atoms with Gasteiger partial charge in [-0.1, -0.05) is 163 Å². The highest BCUT2D eigenvalue weighted by atomic mass is 15.2. The van der Waals surface area contributed by atoms with Crippen LogP contribution in [0.3, 0.4) is 0 Å². The van der Waals surface area contributed by atoms with Gasteiger partial charge in [0, 0.05) is 50.5 Å². The number of benzene rings is 9. The molecule has 0 atom stereocenters. The summed E-state index contributed by atoms with van der Waals surface area (Å²) in [5.74, 6) is 0. The van der Waals surface area contributed by atoms with E-state index in [1.807, 2.05) is 0 Å². The third-order valence-electron chi connectivity index (χ3n) is 14.8. The van der Waals surface area contributed by atoms with Crippen molar-refractivity contribution >= 4 is 96.1 Å². The molecule has 0 bridgehead atoms. The van der Waals surface area contributed by atoms with Crippen molar-refractivity contribution in [3.8, 4) is 16.8 Å². The topological polar surface area (TPSA) is 14.7 Å². The van der Waals surface area contributed by atoms with Crippen LogP contribution in [0.5, 0.6) is 0 Å². The van der Waals surface area contributed by atoms with Crippen LogP contribution in [0.15, 0.2) is 194 Å². The first kappa shape index (κ1) is 40.5. The molecule has 328 valence electrons. The van der Waals surface area contributed by atoms with Gasteiger partial charge in [-0.25, -0.2) is 0 Å². The monoisotopic (exact) mass is 876 g/mol. The molecule has 4 nitrogen and oxygen atoms in total. The van der Waals surface area contributed by atoms with Gasteiger partial charge >= 0.3 is 0 Å². The lowest BCUT2D eigenvalue weighted by atomic mass is 9.33. The second-order valence-corrected chi connectivity index (χ2v) is 21.1. The van der Waals surface area contributed by atoms with Gasteiger partial charge in [-0.3, -0.25) is 0 Å². The van der Waals surface area contributed by atoms with Crippen LogP contribution in [-0.4, -0.2) is 11.3 Å². The number of fused-ring (bicyclic) bond motifs is 9. The lowest BCUT2D eigenvalue weighted by molar-refractivity contribution is 0.590. The zero-order valence-electron chi connectivity index (χ0n) is 39.8. The van der Waals surface area contributed by atoms with Crippen molar-refractivity contribution in [2.75, 3.05) is 14.7 Å². The molecule has 3 aliphatic rings. The molecule has 0 aliphatic carbocycles. The summed E-state index contributed by atoms with van der Waals surface area (Å²) in [6.45, 7) is 16.0. The molecule has 0 saturated carbocycles. The smallest absolute Gasteiger partial charge is 0.252 e. The van der Waals surface area contributed by atoms with E-state index in [9.17, 15) is 0 Å². The fourth-order valence-corrected chi connectivity index (χ4v) is 11.6. The summed E-state index contributed by atoms with van der Waals surface area (Å²) in [5.41, 5.74) is 24.6. The molecule has 4 heterocycles. The average Bonchev–Trinajstić information content (AvgIpc) is 3.69. The first-order chi connectivity index (χ1) is 32.9. The average molecular weight is 877 g/mol. The van der Waals surface area contributed by atoms with Crippen LogP contribution in [-0.2, 0) is 10.8 Å². The summed E-state index contributed by atoms with van der Waals surface area (Å²) in [4.78, 5) is 7.63. The van der Waals surface area contributed by atoms with Crippen molar-refractivity contribution in [1.29, 1.82) is 0 Å². The fourth-order valence-electron chi connectivity index (χ4n) is 11.6. The Hall–Kier alpha value is -7.76. The molecule has 68 heavy (non-hydrogen) atoms. The number of anilines is 9. The van der Waals surface area contributed by atoms with Gasteiger partial charge in [0.2, 0.25) is 0 Å². The predicted molar refractivity (Wildman–Crippen MR) is 291 cm³/mol. The number of para-hydroxylation sites is 4. The molecule has 0 unspecified atom stereocenters. The van der Waals surface area contributed by atoms with Gasteiger partial charge in [0.1, 0.15) is 0 Å². The minimum atomic E-state index is -0.0142. The maximum absolute atomic E-state index is 2.60. The highest BCUT2D eigenvalue weighted by molar-refractivity contribution is 7.00. The van der Waals surface area contributed by atoms with E-state index in [1.165, 1.54) is 100 Å². The van der Waals surface area contributed by atoms with Crippen molar-refractivity contribution in [1.82, 2.24) is 4.57 Å². The molecule has 1 aromatic heterocycles. The number of rotatable bonds is 5. The molecule has 3 aliphatic heterocycles. The van der Waals surface area contributed by atoms with Gasteiger partial charge in [0.25, 0.3) is 6.71 Å². The lowest BCUT2D eigenvalue weighted by Gasteiger charge is -2.46. The third-order valence-corrected chi connectivity index (χ3v) is 14.8. The Morgan fingerprint density at radius 3 is 1.82 bits per heavy atom. The molecule has 0 saturated heterocycles. The maximum Gasteiger partial charge on any atom is 0.252 e. The molecule has 0 N–H and O–H groups in total. The Labute approximate surface area is 400 Å². The molecule has 5 heteroatoms. The van der Waals surface area contributed by atoms with Crippen molar-refractivity contribution in [2.24, 2.45) is 0 Å². The van der Waals surface area contributed by atoms with Gasteiger partial charge in [0.05, 0.1) is 33.8 Å². The molecule has 0 amide bonds. The minimum Gasteiger partial charge on any atom is -0.311 e. The Morgan fingerprint density at radius 2 is 1.07 bits per heavy atom. The highest BCUT2D eigenvalue weighted by Crippen LogP contribution is 2.53. The normalized spacial score (nSPS) is 13.4. The van der Waals surface area contributed by atoms with E-state index < -0.39 is 0 Å². The summed E-state index contributed by atoms with van der Waals surface area (Å²) in [5, 5.41) is 2.56. The Balaban J connectivity index is 1.10. The van der Waals surface area contributed by atoms with E-state index in [0.29, 0.717) is 0 Å². The largest absolute Gasteiger partial charge is 0.311 e. The summed E-state index contributed by atoms with van der Waals surface area (Å²) < 4.78 is 2.53. The molecular formula is C63H53BN4. The summed E-state index contributed by atoms with van der Waals surface area (Å²) >= 11 is 0. The maximum atomic E-state index is 2.60. The number of hydrogen-bond acceptors (Lipinski definition) is 3. The van der Waals surface area contributed by atoms with Crippen LogP contribution < -0.4 is 31.1 Å². The molecule has 13 rings (SSSR count). The summed E-state index contributed by atoms with van der Waals surface area (Å²) in [6.07, 6.45) is 0.